The number of aromatic nitrogens is 1. The second kappa shape index (κ2) is 6.86. The van der Waals surface area contributed by atoms with Crippen LogP contribution in [0.5, 0.6) is 0 Å². The van der Waals surface area contributed by atoms with Crippen LogP contribution in [-0.2, 0) is 16.1 Å². The van der Waals surface area contributed by atoms with Gasteiger partial charge in [-0.2, -0.15) is 0 Å². The number of carbonyl (C=O) groups is 2. The number of hydrogen-bond acceptors (Lipinski definition) is 2. The molecule has 1 aliphatic heterocycles. The van der Waals surface area contributed by atoms with Gasteiger partial charge in [0, 0.05) is 43.7 Å². The highest BCUT2D eigenvalue weighted by Gasteiger charge is 2.27. The van der Waals surface area contributed by atoms with Crippen LogP contribution in [-0.4, -0.2) is 33.9 Å². The molecule has 0 saturated carbocycles. The zero-order chi connectivity index (χ0) is 16.2. The first-order valence-corrected chi connectivity index (χ1v) is 8.27. The first-order valence-electron chi connectivity index (χ1n) is 8.27. The van der Waals surface area contributed by atoms with Crippen molar-refractivity contribution in [1.29, 1.82) is 0 Å². The van der Waals surface area contributed by atoms with E-state index in [0.717, 1.165) is 31.3 Å². The van der Waals surface area contributed by atoms with Gasteiger partial charge >= 0.3 is 0 Å². The zero-order valence-electron chi connectivity index (χ0n) is 13.3. The lowest BCUT2D eigenvalue weighted by molar-refractivity contribution is -0.136. The van der Waals surface area contributed by atoms with Crippen LogP contribution in [0.1, 0.15) is 32.1 Å². The van der Waals surface area contributed by atoms with Gasteiger partial charge in [0.15, 0.2) is 0 Å². The van der Waals surface area contributed by atoms with Crippen LogP contribution in [0.2, 0.25) is 0 Å². The molecule has 2 heterocycles. The van der Waals surface area contributed by atoms with Gasteiger partial charge in [0.1, 0.15) is 0 Å². The Morgan fingerprint density at radius 3 is 2.83 bits per heavy atom. The number of hydrogen-bond donors (Lipinski definition) is 1. The van der Waals surface area contributed by atoms with Gasteiger partial charge in [-0.1, -0.05) is 18.2 Å². The number of rotatable bonds is 5. The largest absolute Gasteiger partial charge is 0.370 e. The first kappa shape index (κ1) is 15.6. The molecule has 5 heteroatoms. The summed E-state index contributed by atoms with van der Waals surface area (Å²) in [6, 6.07) is 10.2. The number of primary amides is 1. The standard InChI is InChI=1S/C18H23N3O2/c19-17(22)13-15-6-3-4-10-21(15)18(23)9-12-20-11-8-14-5-1-2-7-16(14)20/h1-2,5,7-8,11,15H,3-4,6,9-10,12-13H2,(H2,19,22). The monoisotopic (exact) mass is 313 g/mol. The third-order valence-electron chi connectivity index (χ3n) is 4.63. The number of aryl methyl sites for hydroxylation is 1. The molecule has 1 aromatic heterocycles. The van der Waals surface area contributed by atoms with Gasteiger partial charge in [-0.15, -0.1) is 0 Å². The summed E-state index contributed by atoms with van der Waals surface area (Å²) in [5, 5.41) is 1.18. The van der Waals surface area contributed by atoms with E-state index in [0.29, 0.717) is 13.0 Å². The normalized spacial score (nSPS) is 18.3. The molecule has 3 rings (SSSR count). The lowest BCUT2D eigenvalue weighted by Crippen LogP contribution is -2.45. The Labute approximate surface area is 136 Å². The van der Waals surface area contributed by atoms with E-state index >= 15 is 0 Å². The van der Waals surface area contributed by atoms with Crippen LogP contribution in [0.3, 0.4) is 0 Å². The molecule has 0 aliphatic carbocycles. The van der Waals surface area contributed by atoms with Crippen LogP contribution in [0.25, 0.3) is 10.9 Å². The minimum atomic E-state index is -0.328. The van der Waals surface area contributed by atoms with Crippen LogP contribution < -0.4 is 5.73 Å². The number of carbonyl (C=O) groups excluding carboxylic acids is 2. The fourth-order valence-corrected chi connectivity index (χ4v) is 3.47. The molecule has 1 fully saturated rings. The summed E-state index contributed by atoms with van der Waals surface area (Å²) in [6.07, 6.45) is 5.69. The van der Waals surface area contributed by atoms with E-state index in [-0.39, 0.29) is 24.3 Å². The van der Waals surface area contributed by atoms with Gasteiger partial charge in [-0.3, -0.25) is 9.59 Å². The number of benzene rings is 1. The van der Waals surface area contributed by atoms with E-state index in [1.807, 2.05) is 23.2 Å². The lowest BCUT2D eigenvalue weighted by atomic mass is 9.98. The van der Waals surface area contributed by atoms with E-state index in [9.17, 15) is 9.59 Å². The third kappa shape index (κ3) is 3.55. The average molecular weight is 313 g/mol. The number of amides is 2. The molecular formula is C18H23N3O2. The summed E-state index contributed by atoms with van der Waals surface area (Å²) >= 11 is 0. The second-order valence-corrected chi connectivity index (χ2v) is 6.23. The van der Waals surface area contributed by atoms with Crippen LogP contribution in [0.4, 0.5) is 0 Å². The van der Waals surface area contributed by atoms with E-state index in [2.05, 4.69) is 22.8 Å². The summed E-state index contributed by atoms with van der Waals surface area (Å²) in [7, 11) is 0. The Kier molecular flexibility index (Phi) is 4.65. The molecule has 0 spiro atoms. The molecule has 1 aromatic carbocycles. The molecule has 122 valence electrons. The summed E-state index contributed by atoms with van der Waals surface area (Å²) < 4.78 is 2.11. The number of fused-ring (bicyclic) bond motifs is 1. The van der Waals surface area contributed by atoms with Gasteiger partial charge < -0.3 is 15.2 Å². The van der Waals surface area contributed by atoms with E-state index < -0.39 is 0 Å². The van der Waals surface area contributed by atoms with Gasteiger partial charge in [0.25, 0.3) is 0 Å². The molecule has 0 bridgehead atoms. The summed E-state index contributed by atoms with van der Waals surface area (Å²) in [5.74, 6) is -0.208. The topological polar surface area (TPSA) is 68.3 Å². The maximum Gasteiger partial charge on any atom is 0.224 e. The van der Waals surface area contributed by atoms with E-state index in [4.69, 9.17) is 5.73 Å². The predicted molar refractivity (Wildman–Crippen MR) is 89.7 cm³/mol. The van der Waals surface area contributed by atoms with Gasteiger partial charge in [-0.25, -0.2) is 0 Å². The maximum absolute atomic E-state index is 12.6. The molecule has 2 amide bonds. The molecule has 1 unspecified atom stereocenters. The Bertz CT molecular complexity index is 707. The molecule has 5 nitrogen and oxygen atoms in total. The van der Waals surface area contributed by atoms with Gasteiger partial charge in [0.2, 0.25) is 11.8 Å². The highest BCUT2D eigenvalue weighted by molar-refractivity contribution is 5.81. The van der Waals surface area contributed by atoms with Crippen molar-refractivity contribution >= 4 is 22.7 Å². The number of nitrogens with two attached hydrogens (primary N) is 1. The Morgan fingerprint density at radius 2 is 2.00 bits per heavy atom. The van der Waals surface area contributed by atoms with Crippen molar-refractivity contribution in [2.45, 2.75) is 44.7 Å². The van der Waals surface area contributed by atoms with Crippen molar-refractivity contribution in [2.24, 2.45) is 5.73 Å². The van der Waals surface area contributed by atoms with Crippen molar-refractivity contribution in [3.63, 3.8) is 0 Å². The summed E-state index contributed by atoms with van der Waals surface area (Å²) in [5.41, 5.74) is 6.46. The summed E-state index contributed by atoms with van der Waals surface area (Å²) in [4.78, 5) is 25.6. The first-order chi connectivity index (χ1) is 11.1. The molecular weight excluding hydrogens is 290 g/mol. The number of piperidine rings is 1. The predicted octanol–water partition coefficient (Wildman–Crippen LogP) is 2.29. The fraction of sp³-hybridized carbons (Fsp3) is 0.444. The SMILES string of the molecule is NC(=O)CC1CCCCN1C(=O)CCn1ccc2ccccc21. The quantitative estimate of drug-likeness (QED) is 0.920. The molecule has 1 aliphatic rings. The second-order valence-electron chi connectivity index (χ2n) is 6.23. The Hall–Kier alpha value is -2.30. The average Bonchev–Trinajstić information content (AvgIpc) is 2.96. The number of para-hydroxylation sites is 1. The van der Waals surface area contributed by atoms with E-state index in [1.165, 1.54) is 5.39 Å². The molecule has 1 saturated heterocycles. The van der Waals surface area contributed by atoms with Crippen molar-refractivity contribution in [3.8, 4) is 0 Å². The van der Waals surface area contributed by atoms with Crippen molar-refractivity contribution in [1.82, 2.24) is 9.47 Å². The molecule has 23 heavy (non-hydrogen) atoms. The van der Waals surface area contributed by atoms with Crippen LogP contribution in [0, 0.1) is 0 Å². The number of likely N-dealkylation sites (tertiary alicyclic amines) is 1. The maximum atomic E-state index is 12.6. The van der Waals surface area contributed by atoms with Gasteiger partial charge in [0.05, 0.1) is 0 Å². The van der Waals surface area contributed by atoms with Gasteiger partial charge in [-0.05, 0) is 36.8 Å². The minimum Gasteiger partial charge on any atom is -0.370 e. The summed E-state index contributed by atoms with van der Waals surface area (Å²) in [6.45, 7) is 1.40. The Balaban J connectivity index is 1.64. The van der Waals surface area contributed by atoms with E-state index in [1.54, 1.807) is 0 Å². The molecule has 2 N–H and O–H groups in total. The highest BCUT2D eigenvalue weighted by Crippen LogP contribution is 2.21. The molecule has 0 radical (unpaired) electrons. The minimum absolute atomic E-state index is 0.0184. The third-order valence-corrected chi connectivity index (χ3v) is 4.63. The lowest BCUT2D eigenvalue weighted by Gasteiger charge is -2.35. The molecule has 1 atom stereocenters. The fourth-order valence-electron chi connectivity index (χ4n) is 3.47. The molecule has 2 aromatic rings. The highest BCUT2D eigenvalue weighted by atomic mass is 16.2. The number of nitrogens with zero attached hydrogens (tertiary/aromatic N) is 2. The van der Waals surface area contributed by atoms with Crippen LogP contribution in [0.15, 0.2) is 36.5 Å². The van der Waals surface area contributed by atoms with Crippen LogP contribution >= 0.6 is 0 Å². The zero-order valence-corrected chi connectivity index (χ0v) is 13.3. The smallest absolute Gasteiger partial charge is 0.224 e. The van der Waals surface area contributed by atoms with Crippen molar-refractivity contribution in [2.75, 3.05) is 6.54 Å². The van der Waals surface area contributed by atoms with Crippen molar-refractivity contribution < 1.29 is 9.59 Å². The Morgan fingerprint density at radius 1 is 1.17 bits per heavy atom. The van der Waals surface area contributed by atoms with Crippen molar-refractivity contribution in [3.05, 3.63) is 36.5 Å².